The molecule has 1 amide bonds. The van der Waals surface area contributed by atoms with Crippen LogP contribution in [0.1, 0.15) is 5.56 Å². The number of nitrogens with zero attached hydrogens (tertiary/aromatic N) is 1. The molecule has 2 aromatic carbocycles. The summed E-state index contributed by atoms with van der Waals surface area (Å²) in [4.78, 5) is 12.9. The van der Waals surface area contributed by atoms with Crippen molar-refractivity contribution < 1.29 is 9.53 Å². The van der Waals surface area contributed by atoms with Gasteiger partial charge in [0.05, 0.1) is 21.3 Å². The van der Waals surface area contributed by atoms with Crippen LogP contribution in [0, 0.1) is 0 Å². The van der Waals surface area contributed by atoms with Gasteiger partial charge in [-0.25, -0.2) is 5.43 Å². The second kappa shape index (κ2) is 9.18. The van der Waals surface area contributed by atoms with Gasteiger partial charge in [-0.1, -0.05) is 46.9 Å². The molecule has 0 aliphatic rings. The smallest absolute Gasteiger partial charge is 0.277 e. The number of rotatable bonds is 6. The highest BCUT2D eigenvalue weighted by molar-refractivity contribution is 7.98. The lowest BCUT2D eigenvalue weighted by molar-refractivity contribution is -0.123. The van der Waals surface area contributed by atoms with Crippen LogP contribution in [0.15, 0.2) is 46.4 Å². The molecular weight excluding hydrogens is 391 g/mol. The molecule has 126 valence electrons. The van der Waals surface area contributed by atoms with Crippen molar-refractivity contribution in [2.24, 2.45) is 5.10 Å². The minimum absolute atomic E-state index is 0.250. The van der Waals surface area contributed by atoms with E-state index in [9.17, 15) is 4.79 Å². The minimum atomic E-state index is -0.422. The van der Waals surface area contributed by atoms with Gasteiger partial charge in [0.15, 0.2) is 6.61 Å². The molecule has 0 fully saturated rings. The summed E-state index contributed by atoms with van der Waals surface area (Å²) < 4.78 is 5.30. The third kappa shape index (κ3) is 5.60. The Hall–Kier alpha value is -1.40. The van der Waals surface area contributed by atoms with Crippen LogP contribution in [0.3, 0.4) is 0 Å². The molecule has 0 saturated heterocycles. The Bertz CT molecular complexity index is 752. The molecule has 0 spiro atoms. The summed E-state index contributed by atoms with van der Waals surface area (Å²) in [5.74, 6) is -0.146. The second-order valence-corrected chi connectivity index (χ2v) is 6.65. The van der Waals surface area contributed by atoms with Gasteiger partial charge >= 0.3 is 0 Å². The van der Waals surface area contributed by atoms with E-state index in [1.165, 1.54) is 12.1 Å². The maximum absolute atomic E-state index is 11.7. The third-order valence-electron chi connectivity index (χ3n) is 2.85. The molecule has 2 aromatic rings. The van der Waals surface area contributed by atoms with Gasteiger partial charge in [-0.2, -0.15) is 5.10 Å². The van der Waals surface area contributed by atoms with E-state index >= 15 is 0 Å². The monoisotopic (exact) mass is 402 g/mol. The predicted molar refractivity (Wildman–Crippen MR) is 101 cm³/mol. The molecule has 0 atom stereocenters. The molecule has 8 heteroatoms. The second-order valence-electron chi connectivity index (χ2n) is 4.55. The summed E-state index contributed by atoms with van der Waals surface area (Å²) in [6.07, 6.45) is 3.55. The number of hydrogen-bond donors (Lipinski definition) is 1. The SMILES string of the molecule is CSc1ccc(/C=N/NC(=O)COc2cc(Cl)c(Cl)cc2Cl)cc1. The van der Waals surface area contributed by atoms with Crippen molar-refractivity contribution >= 4 is 58.7 Å². The van der Waals surface area contributed by atoms with E-state index in [0.29, 0.717) is 10.0 Å². The number of hydrazone groups is 1. The van der Waals surface area contributed by atoms with Crippen LogP contribution in [0.5, 0.6) is 5.75 Å². The van der Waals surface area contributed by atoms with Gasteiger partial charge in [-0.3, -0.25) is 4.79 Å². The largest absolute Gasteiger partial charge is 0.482 e. The van der Waals surface area contributed by atoms with Gasteiger partial charge in [-0.05, 0) is 30.0 Å². The number of amides is 1. The van der Waals surface area contributed by atoms with Crippen molar-refractivity contribution in [3.8, 4) is 5.75 Å². The first kappa shape index (κ1) is 18.9. The van der Waals surface area contributed by atoms with Crippen LogP contribution >= 0.6 is 46.6 Å². The van der Waals surface area contributed by atoms with Crippen LogP contribution in [0.2, 0.25) is 15.1 Å². The molecular formula is C16H13Cl3N2O2S. The van der Waals surface area contributed by atoms with Crippen LogP contribution < -0.4 is 10.2 Å². The Morgan fingerprint density at radius 3 is 2.50 bits per heavy atom. The van der Waals surface area contributed by atoms with Gasteiger partial charge in [0.1, 0.15) is 5.75 Å². The number of thioether (sulfide) groups is 1. The number of nitrogens with one attached hydrogen (secondary N) is 1. The highest BCUT2D eigenvalue weighted by Crippen LogP contribution is 2.33. The first-order valence-corrected chi connectivity index (χ1v) is 9.08. The summed E-state index contributed by atoms with van der Waals surface area (Å²) in [5.41, 5.74) is 3.25. The van der Waals surface area contributed by atoms with Crippen molar-refractivity contribution in [3.05, 3.63) is 57.0 Å². The van der Waals surface area contributed by atoms with Gasteiger partial charge in [0.2, 0.25) is 0 Å². The maximum atomic E-state index is 11.7. The van der Waals surface area contributed by atoms with Crippen molar-refractivity contribution in [3.63, 3.8) is 0 Å². The van der Waals surface area contributed by atoms with E-state index in [1.54, 1.807) is 18.0 Å². The van der Waals surface area contributed by atoms with Crippen molar-refractivity contribution in [2.45, 2.75) is 4.90 Å². The average Bonchev–Trinajstić information content (AvgIpc) is 2.57. The van der Waals surface area contributed by atoms with Crippen molar-refractivity contribution in [2.75, 3.05) is 12.9 Å². The molecule has 0 radical (unpaired) electrons. The van der Waals surface area contributed by atoms with Crippen LogP contribution in [-0.4, -0.2) is 25.0 Å². The molecule has 0 aliphatic carbocycles. The van der Waals surface area contributed by atoms with E-state index in [-0.39, 0.29) is 17.4 Å². The predicted octanol–water partition coefficient (Wildman–Crippen LogP) is 4.90. The van der Waals surface area contributed by atoms with E-state index in [2.05, 4.69) is 10.5 Å². The lowest BCUT2D eigenvalue weighted by Crippen LogP contribution is -2.24. The van der Waals surface area contributed by atoms with Gasteiger partial charge in [0.25, 0.3) is 5.91 Å². The Morgan fingerprint density at radius 2 is 1.83 bits per heavy atom. The zero-order valence-corrected chi connectivity index (χ0v) is 15.6. The Balaban J connectivity index is 1.85. The quantitative estimate of drug-likeness (QED) is 0.323. The summed E-state index contributed by atoms with van der Waals surface area (Å²) in [6, 6.07) is 10.7. The fourth-order valence-corrected chi connectivity index (χ4v) is 2.66. The molecule has 0 saturated carbocycles. The van der Waals surface area contributed by atoms with E-state index in [1.807, 2.05) is 30.5 Å². The maximum Gasteiger partial charge on any atom is 0.277 e. The van der Waals surface area contributed by atoms with E-state index in [4.69, 9.17) is 39.5 Å². The van der Waals surface area contributed by atoms with Crippen LogP contribution in [-0.2, 0) is 4.79 Å². The van der Waals surface area contributed by atoms with Crippen LogP contribution in [0.4, 0.5) is 0 Å². The molecule has 0 bridgehead atoms. The zero-order chi connectivity index (χ0) is 17.5. The third-order valence-corrected chi connectivity index (χ3v) is 4.61. The normalized spacial score (nSPS) is 10.8. The number of benzene rings is 2. The summed E-state index contributed by atoms with van der Waals surface area (Å²) in [5, 5.41) is 4.75. The van der Waals surface area contributed by atoms with Gasteiger partial charge in [-0.15, -0.1) is 11.8 Å². The van der Waals surface area contributed by atoms with Crippen molar-refractivity contribution in [1.82, 2.24) is 5.43 Å². The number of carbonyl (C=O) groups is 1. The standard InChI is InChI=1S/C16H13Cl3N2O2S/c1-24-11-4-2-10(3-5-11)8-20-21-16(22)9-23-15-7-13(18)12(17)6-14(15)19/h2-8H,9H2,1H3,(H,21,22)/b20-8+. The summed E-state index contributed by atoms with van der Waals surface area (Å²) >= 11 is 19.3. The number of hydrogen-bond acceptors (Lipinski definition) is 4. The Morgan fingerprint density at radius 1 is 1.17 bits per heavy atom. The topological polar surface area (TPSA) is 50.7 Å². The Labute approximate surface area is 159 Å². The first-order valence-electron chi connectivity index (χ1n) is 6.73. The molecule has 0 unspecified atom stereocenters. The van der Waals surface area contributed by atoms with Gasteiger partial charge < -0.3 is 4.74 Å². The fraction of sp³-hybridized carbons (Fsp3) is 0.125. The fourth-order valence-electron chi connectivity index (χ4n) is 1.66. The highest BCUT2D eigenvalue weighted by Gasteiger charge is 2.09. The van der Waals surface area contributed by atoms with E-state index < -0.39 is 5.91 Å². The van der Waals surface area contributed by atoms with E-state index in [0.717, 1.165) is 10.5 Å². The molecule has 24 heavy (non-hydrogen) atoms. The van der Waals surface area contributed by atoms with Crippen LogP contribution in [0.25, 0.3) is 0 Å². The number of carbonyl (C=O) groups excluding carboxylic acids is 1. The number of ether oxygens (including phenoxy) is 1. The van der Waals surface area contributed by atoms with Gasteiger partial charge in [0, 0.05) is 11.0 Å². The lowest BCUT2D eigenvalue weighted by Gasteiger charge is -2.08. The summed E-state index contributed by atoms with van der Waals surface area (Å²) in [7, 11) is 0. The molecule has 2 rings (SSSR count). The summed E-state index contributed by atoms with van der Waals surface area (Å²) in [6.45, 7) is -0.250. The minimum Gasteiger partial charge on any atom is -0.482 e. The first-order chi connectivity index (χ1) is 11.5. The number of halogens is 3. The zero-order valence-electron chi connectivity index (χ0n) is 12.6. The molecule has 0 aliphatic heterocycles. The highest BCUT2D eigenvalue weighted by atomic mass is 35.5. The molecule has 4 nitrogen and oxygen atoms in total. The molecule has 0 heterocycles. The molecule has 1 N–H and O–H groups in total. The lowest BCUT2D eigenvalue weighted by atomic mass is 10.2. The van der Waals surface area contributed by atoms with Crippen molar-refractivity contribution in [1.29, 1.82) is 0 Å². The molecule has 0 aromatic heterocycles. The average molecular weight is 404 g/mol. The Kier molecular flexibility index (Phi) is 7.24.